The summed E-state index contributed by atoms with van der Waals surface area (Å²) in [6.07, 6.45) is -0.0483. The molecule has 0 heterocycles. The highest BCUT2D eigenvalue weighted by atomic mass is 16.5. The maximum Gasteiger partial charge on any atom is 0.311 e. The molecule has 0 bridgehead atoms. The summed E-state index contributed by atoms with van der Waals surface area (Å²) >= 11 is 0. The first-order valence-corrected chi connectivity index (χ1v) is 5.93. The van der Waals surface area contributed by atoms with Crippen molar-refractivity contribution in [2.24, 2.45) is 5.92 Å². The molecule has 0 fully saturated rings. The van der Waals surface area contributed by atoms with Gasteiger partial charge in [-0.2, -0.15) is 0 Å². The van der Waals surface area contributed by atoms with E-state index in [1.165, 1.54) is 14.2 Å². The van der Waals surface area contributed by atoms with E-state index < -0.39 is 17.9 Å². The van der Waals surface area contributed by atoms with Crippen LogP contribution in [0.25, 0.3) is 0 Å². The lowest BCUT2D eigenvalue weighted by Gasteiger charge is -2.13. The van der Waals surface area contributed by atoms with Gasteiger partial charge in [-0.05, 0) is 5.56 Å². The van der Waals surface area contributed by atoms with Gasteiger partial charge in [0.1, 0.15) is 6.61 Å². The van der Waals surface area contributed by atoms with E-state index >= 15 is 0 Å². The normalized spacial score (nSPS) is 11.7. The largest absolute Gasteiger partial charge is 0.469 e. The number of benzene rings is 1. The van der Waals surface area contributed by atoms with Gasteiger partial charge < -0.3 is 14.2 Å². The molecule has 5 heteroatoms. The van der Waals surface area contributed by atoms with Gasteiger partial charge in [0.25, 0.3) is 0 Å². The van der Waals surface area contributed by atoms with Crippen molar-refractivity contribution in [3.63, 3.8) is 0 Å². The maximum absolute atomic E-state index is 11.6. The second-order valence-corrected chi connectivity index (χ2v) is 4.03. The molecule has 0 radical (unpaired) electrons. The highest BCUT2D eigenvalue weighted by Crippen LogP contribution is 2.09. The van der Waals surface area contributed by atoms with Crippen LogP contribution >= 0.6 is 0 Å². The zero-order valence-electron chi connectivity index (χ0n) is 11.1. The Bertz CT molecular complexity index is 402. The zero-order valence-corrected chi connectivity index (χ0v) is 11.1. The molecule has 0 aliphatic carbocycles. The van der Waals surface area contributed by atoms with Crippen molar-refractivity contribution in [1.82, 2.24) is 0 Å². The molecule has 0 aliphatic rings. The van der Waals surface area contributed by atoms with Crippen molar-refractivity contribution in [3.05, 3.63) is 35.9 Å². The van der Waals surface area contributed by atoms with E-state index in [2.05, 4.69) is 4.74 Å². The van der Waals surface area contributed by atoms with Crippen LogP contribution in [0.1, 0.15) is 12.0 Å². The summed E-state index contributed by atoms with van der Waals surface area (Å²) in [6, 6.07) is 9.34. The van der Waals surface area contributed by atoms with Crippen LogP contribution in [0, 0.1) is 5.92 Å². The Hall–Kier alpha value is -1.88. The molecule has 0 aliphatic heterocycles. The fourth-order valence-electron chi connectivity index (χ4n) is 1.58. The monoisotopic (exact) mass is 266 g/mol. The Balaban J connectivity index is 2.42. The smallest absolute Gasteiger partial charge is 0.311 e. The highest BCUT2D eigenvalue weighted by Gasteiger charge is 2.23. The molecule has 0 aromatic heterocycles. The maximum atomic E-state index is 11.6. The van der Waals surface area contributed by atoms with Crippen LogP contribution in [0.3, 0.4) is 0 Å². The van der Waals surface area contributed by atoms with E-state index in [-0.39, 0.29) is 19.6 Å². The van der Waals surface area contributed by atoms with Gasteiger partial charge >= 0.3 is 11.9 Å². The molecule has 0 spiro atoms. The number of hydrogen-bond donors (Lipinski definition) is 0. The molecule has 1 atom stereocenters. The Morgan fingerprint density at radius 3 is 2.42 bits per heavy atom. The van der Waals surface area contributed by atoms with Crippen LogP contribution in [0.2, 0.25) is 0 Å². The number of carbonyl (C=O) groups excluding carboxylic acids is 2. The van der Waals surface area contributed by atoms with E-state index in [0.29, 0.717) is 0 Å². The van der Waals surface area contributed by atoms with Gasteiger partial charge in [0.15, 0.2) is 0 Å². The van der Waals surface area contributed by atoms with E-state index in [1.54, 1.807) is 0 Å². The lowest BCUT2D eigenvalue weighted by atomic mass is 10.1. The Morgan fingerprint density at radius 2 is 1.84 bits per heavy atom. The van der Waals surface area contributed by atoms with Crippen LogP contribution in [0.15, 0.2) is 30.3 Å². The van der Waals surface area contributed by atoms with Crippen molar-refractivity contribution in [2.45, 2.75) is 13.0 Å². The lowest BCUT2D eigenvalue weighted by molar-refractivity contribution is -0.155. The summed E-state index contributed by atoms with van der Waals surface area (Å²) in [4.78, 5) is 23.0. The van der Waals surface area contributed by atoms with Gasteiger partial charge in [0, 0.05) is 7.11 Å². The average Bonchev–Trinajstić information content (AvgIpc) is 2.45. The summed E-state index contributed by atoms with van der Waals surface area (Å²) in [5.41, 5.74) is 0.900. The van der Waals surface area contributed by atoms with Crippen LogP contribution in [-0.2, 0) is 30.4 Å². The summed E-state index contributed by atoms with van der Waals surface area (Å²) < 4.78 is 14.6. The minimum atomic E-state index is -0.627. The molecule has 0 unspecified atom stereocenters. The molecular weight excluding hydrogens is 248 g/mol. The number of esters is 2. The van der Waals surface area contributed by atoms with Crippen molar-refractivity contribution in [2.75, 3.05) is 20.8 Å². The predicted molar refractivity (Wildman–Crippen MR) is 68.2 cm³/mol. The third kappa shape index (κ3) is 5.52. The first-order valence-electron chi connectivity index (χ1n) is 5.93. The fourth-order valence-corrected chi connectivity index (χ4v) is 1.58. The van der Waals surface area contributed by atoms with Crippen molar-refractivity contribution in [3.8, 4) is 0 Å². The summed E-state index contributed by atoms with van der Waals surface area (Å²) in [5.74, 6) is -1.55. The molecule has 1 rings (SSSR count). The SMILES string of the molecule is COC[C@@H](CC(=O)OCc1ccccc1)C(=O)OC. The molecule has 0 saturated heterocycles. The number of methoxy groups -OCH3 is 2. The number of carbonyl (C=O) groups is 2. The summed E-state index contributed by atoms with van der Waals surface area (Å²) in [6.45, 7) is 0.327. The topological polar surface area (TPSA) is 61.8 Å². The van der Waals surface area contributed by atoms with Crippen LogP contribution in [0.5, 0.6) is 0 Å². The molecule has 1 aromatic carbocycles. The number of hydrogen-bond acceptors (Lipinski definition) is 5. The third-order valence-corrected chi connectivity index (χ3v) is 2.56. The number of ether oxygens (including phenoxy) is 3. The van der Waals surface area contributed by atoms with Gasteiger partial charge in [0.05, 0.1) is 26.1 Å². The first kappa shape index (κ1) is 15.2. The van der Waals surface area contributed by atoms with Gasteiger partial charge in [-0.25, -0.2) is 0 Å². The molecule has 0 saturated carbocycles. The van der Waals surface area contributed by atoms with Gasteiger partial charge in [-0.3, -0.25) is 9.59 Å². The highest BCUT2D eigenvalue weighted by molar-refractivity contribution is 5.80. The molecule has 5 nitrogen and oxygen atoms in total. The number of rotatable bonds is 7. The van der Waals surface area contributed by atoms with Crippen molar-refractivity contribution < 1.29 is 23.8 Å². The second-order valence-electron chi connectivity index (χ2n) is 4.03. The Morgan fingerprint density at radius 1 is 1.16 bits per heavy atom. The van der Waals surface area contributed by atoms with Crippen LogP contribution in [0.4, 0.5) is 0 Å². The average molecular weight is 266 g/mol. The van der Waals surface area contributed by atoms with Crippen LogP contribution < -0.4 is 0 Å². The molecule has 0 N–H and O–H groups in total. The quantitative estimate of drug-likeness (QED) is 0.701. The Labute approximate surface area is 112 Å². The Kier molecular flexibility index (Phi) is 6.60. The second kappa shape index (κ2) is 8.26. The van der Waals surface area contributed by atoms with Gasteiger partial charge in [-0.15, -0.1) is 0 Å². The van der Waals surface area contributed by atoms with Gasteiger partial charge in [0.2, 0.25) is 0 Å². The third-order valence-electron chi connectivity index (χ3n) is 2.56. The van der Waals surface area contributed by atoms with Gasteiger partial charge in [-0.1, -0.05) is 30.3 Å². The lowest BCUT2D eigenvalue weighted by Crippen LogP contribution is -2.25. The standard InChI is InChI=1S/C14H18O5/c1-17-10-12(14(16)18-2)8-13(15)19-9-11-6-4-3-5-7-11/h3-7,12H,8-10H2,1-2H3/t12-/m1/s1. The molecule has 1 aromatic rings. The minimum absolute atomic E-state index is 0.0483. The minimum Gasteiger partial charge on any atom is -0.469 e. The molecule has 0 amide bonds. The first-order chi connectivity index (χ1) is 9.17. The molecule has 19 heavy (non-hydrogen) atoms. The van der Waals surface area contributed by atoms with Crippen LogP contribution in [-0.4, -0.2) is 32.8 Å². The molecule has 104 valence electrons. The predicted octanol–water partition coefficient (Wildman–Crippen LogP) is 1.56. The summed E-state index contributed by atoms with van der Waals surface area (Å²) in [5, 5.41) is 0. The summed E-state index contributed by atoms with van der Waals surface area (Å²) in [7, 11) is 2.74. The van der Waals surface area contributed by atoms with E-state index in [1.807, 2.05) is 30.3 Å². The van der Waals surface area contributed by atoms with E-state index in [0.717, 1.165) is 5.56 Å². The van der Waals surface area contributed by atoms with Crippen molar-refractivity contribution >= 4 is 11.9 Å². The van der Waals surface area contributed by atoms with E-state index in [4.69, 9.17) is 9.47 Å². The van der Waals surface area contributed by atoms with E-state index in [9.17, 15) is 9.59 Å². The molecular formula is C14H18O5. The zero-order chi connectivity index (χ0) is 14.1. The fraction of sp³-hybridized carbons (Fsp3) is 0.429. The van der Waals surface area contributed by atoms with Crippen molar-refractivity contribution in [1.29, 1.82) is 0 Å².